The molecule has 124 valence electrons. The minimum Gasteiger partial charge on any atom is -0.466 e. The number of hydrogen-bond donors (Lipinski definition) is 0. The molecule has 1 atom stereocenters. The molecule has 0 bridgehead atoms. The molecule has 0 N–H and O–H groups in total. The van der Waals surface area contributed by atoms with Gasteiger partial charge in [-0.15, -0.1) is 0 Å². The lowest BCUT2D eigenvalue weighted by Crippen LogP contribution is -2.52. The van der Waals surface area contributed by atoms with E-state index in [0.717, 1.165) is 19.5 Å². The van der Waals surface area contributed by atoms with Gasteiger partial charge in [-0.1, -0.05) is 60.7 Å². The number of hydrogen-bond acceptors (Lipinski definition) is 3. The molecule has 1 saturated carbocycles. The third-order valence-corrected chi connectivity index (χ3v) is 5.39. The molecule has 1 heterocycles. The first kappa shape index (κ1) is 15.4. The second kappa shape index (κ2) is 6.06. The summed E-state index contributed by atoms with van der Waals surface area (Å²) in [5.74, 6) is 0.106. The lowest BCUT2D eigenvalue weighted by molar-refractivity contribution is -0.147. The van der Waals surface area contributed by atoms with Crippen molar-refractivity contribution < 1.29 is 9.53 Å². The molecule has 2 fully saturated rings. The van der Waals surface area contributed by atoms with Gasteiger partial charge in [0.25, 0.3) is 0 Å². The van der Waals surface area contributed by atoms with E-state index >= 15 is 0 Å². The Hall–Kier alpha value is -2.13. The van der Waals surface area contributed by atoms with E-state index in [0.29, 0.717) is 6.61 Å². The molecule has 3 nitrogen and oxygen atoms in total. The van der Waals surface area contributed by atoms with Gasteiger partial charge in [0.1, 0.15) is 0 Å². The zero-order valence-corrected chi connectivity index (χ0v) is 14.0. The van der Waals surface area contributed by atoms with Gasteiger partial charge >= 0.3 is 5.97 Å². The van der Waals surface area contributed by atoms with Crippen molar-refractivity contribution in [1.82, 2.24) is 4.90 Å². The molecule has 3 heteroatoms. The summed E-state index contributed by atoms with van der Waals surface area (Å²) in [6, 6.07) is 21.5. The third kappa shape index (κ3) is 2.63. The number of nitrogens with zero attached hydrogens (tertiary/aromatic N) is 1. The van der Waals surface area contributed by atoms with E-state index < -0.39 is 0 Å². The number of likely N-dealkylation sites (tertiary alicyclic amines) is 1. The van der Waals surface area contributed by atoms with Crippen LogP contribution in [0, 0.1) is 11.3 Å². The van der Waals surface area contributed by atoms with E-state index in [2.05, 4.69) is 65.6 Å². The number of ether oxygens (including phenoxy) is 1. The zero-order chi connectivity index (χ0) is 16.6. The van der Waals surface area contributed by atoms with Crippen molar-refractivity contribution in [3.05, 3.63) is 71.8 Å². The van der Waals surface area contributed by atoms with Gasteiger partial charge in [-0.25, -0.2) is 0 Å². The lowest BCUT2D eigenvalue weighted by Gasteiger charge is -2.46. The molecule has 1 aliphatic heterocycles. The maximum absolute atomic E-state index is 12.0. The van der Waals surface area contributed by atoms with Crippen LogP contribution < -0.4 is 0 Å². The molecular weight excluding hydrogens is 298 g/mol. The number of esters is 1. The van der Waals surface area contributed by atoms with Crippen molar-refractivity contribution in [2.45, 2.75) is 19.4 Å². The first-order valence-electron chi connectivity index (χ1n) is 8.74. The molecule has 2 aromatic carbocycles. The molecular formula is C21H23NO2. The summed E-state index contributed by atoms with van der Waals surface area (Å²) in [6.45, 7) is 4.31. The molecule has 24 heavy (non-hydrogen) atoms. The van der Waals surface area contributed by atoms with E-state index in [9.17, 15) is 4.79 Å². The molecule has 1 aliphatic carbocycles. The van der Waals surface area contributed by atoms with E-state index in [1.807, 2.05) is 6.92 Å². The molecule has 0 aromatic heterocycles. The highest BCUT2D eigenvalue weighted by Crippen LogP contribution is 2.61. The van der Waals surface area contributed by atoms with Gasteiger partial charge in [0.15, 0.2) is 0 Å². The van der Waals surface area contributed by atoms with Gasteiger partial charge in [-0.3, -0.25) is 9.69 Å². The second-order valence-corrected chi connectivity index (χ2v) is 7.00. The monoisotopic (exact) mass is 321 g/mol. The Balaban J connectivity index is 1.52. The molecule has 0 radical (unpaired) electrons. The summed E-state index contributed by atoms with van der Waals surface area (Å²) >= 11 is 0. The van der Waals surface area contributed by atoms with Gasteiger partial charge in [0, 0.05) is 18.5 Å². The summed E-state index contributed by atoms with van der Waals surface area (Å²) in [4.78, 5) is 14.5. The van der Waals surface area contributed by atoms with Crippen LogP contribution >= 0.6 is 0 Å². The zero-order valence-electron chi connectivity index (χ0n) is 14.0. The van der Waals surface area contributed by atoms with Crippen LogP contribution in [-0.2, 0) is 9.53 Å². The maximum atomic E-state index is 12.0. The fourth-order valence-corrected chi connectivity index (χ4v) is 4.10. The van der Waals surface area contributed by atoms with Gasteiger partial charge in [0.05, 0.1) is 18.6 Å². The summed E-state index contributed by atoms with van der Waals surface area (Å²) in [5, 5.41) is 0. The highest BCUT2D eigenvalue weighted by molar-refractivity contribution is 5.77. The van der Waals surface area contributed by atoms with Crippen LogP contribution in [0.25, 0.3) is 0 Å². The Kier molecular flexibility index (Phi) is 3.89. The van der Waals surface area contributed by atoms with Crippen LogP contribution in [0.5, 0.6) is 0 Å². The molecule has 1 spiro atoms. The molecule has 1 unspecified atom stereocenters. The highest BCUT2D eigenvalue weighted by Gasteiger charge is 2.65. The second-order valence-electron chi connectivity index (χ2n) is 7.00. The predicted molar refractivity (Wildman–Crippen MR) is 93.5 cm³/mol. The molecule has 2 aromatic rings. The van der Waals surface area contributed by atoms with E-state index in [1.54, 1.807) is 0 Å². The van der Waals surface area contributed by atoms with Crippen molar-refractivity contribution in [2.75, 3.05) is 19.7 Å². The number of carbonyl (C=O) groups is 1. The van der Waals surface area contributed by atoms with E-state index in [4.69, 9.17) is 4.74 Å². The van der Waals surface area contributed by atoms with E-state index in [-0.39, 0.29) is 23.3 Å². The number of rotatable bonds is 5. The van der Waals surface area contributed by atoms with Crippen molar-refractivity contribution in [2.24, 2.45) is 11.3 Å². The first-order valence-corrected chi connectivity index (χ1v) is 8.74. The van der Waals surface area contributed by atoms with Crippen LogP contribution in [0.1, 0.15) is 30.5 Å². The fraction of sp³-hybridized carbons (Fsp3) is 0.381. The SMILES string of the molecule is CCOC(=O)C1CC12CN(C(c1ccccc1)c1ccccc1)C2. The lowest BCUT2D eigenvalue weighted by atomic mass is 9.87. The van der Waals surface area contributed by atoms with Crippen molar-refractivity contribution in [3.63, 3.8) is 0 Å². The Bertz CT molecular complexity index is 668. The van der Waals surface area contributed by atoms with E-state index in [1.165, 1.54) is 11.1 Å². The van der Waals surface area contributed by atoms with Crippen LogP contribution in [-0.4, -0.2) is 30.6 Å². The van der Waals surface area contributed by atoms with Crippen LogP contribution in [0.15, 0.2) is 60.7 Å². The highest BCUT2D eigenvalue weighted by atomic mass is 16.5. The largest absolute Gasteiger partial charge is 0.466 e. The molecule has 0 amide bonds. The maximum Gasteiger partial charge on any atom is 0.309 e. The quantitative estimate of drug-likeness (QED) is 0.787. The summed E-state index contributed by atoms with van der Waals surface area (Å²) in [5.41, 5.74) is 2.80. The Morgan fingerprint density at radius 2 is 1.62 bits per heavy atom. The Labute approximate surface area is 143 Å². The predicted octanol–water partition coefficient (Wildman–Crippen LogP) is 3.66. The minimum atomic E-state index is -0.00637. The number of benzene rings is 2. The smallest absolute Gasteiger partial charge is 0.309 e. The average molecular weight is 321 g/mol. The minimum absolute atomic E-state index is 0.00637. The first-order chi connectivity index (χ1) is 11.7. The molecule has 2 aliphatic rings. The van der Waals surface area contributed by atoms with Crippen molar-refractivity contribution in [3.8, 4) is 0 Å². The molecule has 4 rings (SSSR count). The summed E-state index contributed by atoms with van der Waals surface area (Å²) in [6.07, 6.45) is 0.985. The Morgan fingerprint density at radius 3 is 2.12 bits per heavy atom. The van der Waals surface area contributed by atoms with Crippen LogP contribution in [0.4, 0.5) is 0 Å². The van der Waals surface area contributed by atoms with Gasteiger partial charge in [-0.2, -0.15) is 0 Å². The summed E-state index contributed by atoms with van der Waals surface area (Å²) in [7, 11) is 0. The number of carbonyl (C=O) groups excluding carboxylic acids is 1. The van der Waals surface area contributed by atoms with Crippen LogP contribution in [0.3, 0.4) is 0 Å². The fourth-order valence-electron chi connectivity index (χ4n) is 4.10. The average Bonchev–Trinajstić information content (AvgIpc) is 3.33. The Morgan fingerprint density at radius 1 is 1.08 bits per heavy atom. The van der Waals surface area contributed by atoms with Crippen LogP contribution in [0.2, 0.25) is 0 Å². The van der Waals surface area contributed by atoms with Gasteiger partial charge in [0.2, 0.25) is 0 Å². The summed E-state index contributed by atoms with van der Waals surface area (Å²) < 4.78 is 5.20. The topological polar surface area (TPSA) is 29.5 Å². The normalized spacial score (nSPS) is 21.5. The third-order valence-electron chi connectivity index (χ3n) is 5.39. The van der Waals surface area contributed by atoms with Crippen molar-refractivity contribution in [1.29, 1.82) is 0 Å². The standard InChI is InChI=1S/C21H23NO2/c1-2-24-20(23)18-13-21(18)14-22(15-21)19(16-9-5-3-6-10-16)17-11-7-4-8-12-17/h3-12,18-19H,2,13-15H2,1H3. The van der Waals surface area contributed by atoms with Gasteiger partial charge < -0.3 is 4.74 Å². The van der Waals surface area contributed by atoms with Gasteiger partial charge in [-0.05, 0) is 24.5 Å². The van der Waals surface area contributed by atoms with Crippen molar-refractivity contribution >= 4 is 5.97 Å². The molecule has 1 saturated heterocycles.